The highest BCUT2D eigenvalue weighted by Gasteiger charge is 2.15. The van der Waals surface area contributed by atoms with Crippen molar-refractivity contribution in [2.24, 2.45) is 0 Å². The summed E-state index contributed by atoms with van der Waals surface area (Å²) in [4.78, 5) is 20.7. The molecule has 0 radical (unpaired) electrons. The van der Waals surface area contributed by atoms with Crippen LogP contribution in [0.1, 0.15) is 16.0 Å². The summed E-state index contributed by atoms with van der Waals surface area (Å²) in [6, 6.07) is 27.2. The predicted molar refractivity (Wildman–Crippen MR) is 119 cm³/mol. The van der Waals surface area contributed by atoms with E-state index in [2.05, 4.69) is 15.9 Å². The fourth-order valence-corrected chi connectivity index (χ4v) is 3.32. The molecule has 4 nitrogen and oxygen atoms in total. The van der Waals surface area contributed by atoms with Crippen LogP contribution in [0, 0.1) is 0 Å². The minimum absolute atomic E-state index is 0.0881. The van der Waals surface area contributed by atoms with E-state index in [9.17, 15) is 9.59 Å². The zero-order valence-electron chi connectivity index (χ0n) is 15.5. The maximum absolute atomic E-state index is 10.8. The molecule has 0 fully saturated rings. The van der Waals surface area contributed by atoms with Gasteiger partial charge in [-0.25, -0.2) is 0 Å². The van der Waals surface area contributed by atoms with Gasteiger partial charge in [0.1, 0.15) is 4.83 Å². The molecule has 0 bridgehead atoms. The Morgan fingerprint density at radius 3 is 1.79 bits per heavy atom. The van der Waals surface area contributed by atoms with Gasteiger partial charge in [0.05, 0.1) is 6.42 Å². The van der Waals surface area contributed by atoms with Gasteiger partial charge in [-0.1, -0.05) is 94.8 Å². The van der Waals surface area contributed by atoms with Gasteiger partial charge in [0.15, 0.2) is 0 Å². The summed E-state index contributed by atoms with van der Waals surface area (Å²) < 4.78 is 0. The molecule has 0 aliphatic rings. The Balaban J connectivity index is 0.000000166. The van der Waals surface area contributed by atoms with Crippen LogP contribution >= 0.6 is 15.9 Å². The average Bonchev–Trinajstić information content (AvgIpc) is 2.72. The molecule has 0 aliphatic carbocycles. The maximum Gasteiger partial charge on any atom is 0.321 e. The number of carboxylic acid groups (broad SMARTS) is 2. The largest absolute Gasteiger partial charge is 0.481 e. The molecule has 4 aromatic rings. The van der Waals surface area contributed by atoms with E-state index < -0.39 is 16.8 Å². The van der Waals surface area contributed by atoms with Gasteiger partial charge in [-0.2, -0.15) is 0 Å². The molecular formula is C24H19BrO4. The van der Waals surface area contributed by atoms with Gasteiger partial charge in [-0.3, -0.25) is 9.59 Å². The molecule has 0 saturated heterocycles. The van der Waals surface area contributed by atoms with E-state index in [-0.39, 0.29) is 6.42 Å². The van der Waals surface area contributed by atoms with Gasteiger partial charge in [0.2, 0.25) is 0 Å². The first-order valence-corrected chi connectivity index (χ1v) is 9.90. The lowest BCUT2D eigenvalue weighted by Gasteiger charge is -2.06. The van der Waals surface area contributed by atoms with Gasteiger partial charge < -0.3 is 10.2 Å². The molecule has 5 heteroatoms. The molecule has 4 rings (SSSR count). The van der Waals surface area contributed by atoms with Crippen molar-refractivity contribution in [3.8, 4) is 0 Å². The van der Waals surface area contributed by atoms with Crippen molar-refractivity contribution in [1.82, 2.24) is 0 Å². The fraction of sp³-hybridized carbons (Fsp3) is 0.0833. The molecule has 29 heavy (non-hydrogen) atoms. The second kappa shape index (κ2) is 9.34. The van der Waals surface area contributed by atoms with Crippen molar-refractivity contribution in [2.45, 2.75) is 11.2 Å². The Hall–Kier alpha value is -3.18. The lowest BCUT2D eigenvalue weighted by Crippen LogP contribution is -2.03. The smallest absolute Gasteiger partial charge is 0.321 e. The normalized spacial score (nSPS) is 11.5. The summed E-state index contributed by atoms with van der Waals surface area (Å²) in [5, 5.41) is 21.9. The molecule has 0 heterocycles. The molecule has 0 aromatic heterocycles. The molecule has 1 atom stereocenters. The molecule has 0 spiro atoms. The number of carbonyl (C=O) groups is 2. The van der Waals surface area contributed by atoms with Crippen molar-refractivity contribution >= 4 is 49.4 Å². The summed E-state index contributed by atoms with van der Waals surface area (Å²) in [5.74, 6) is -1.66. The van der Waals surface area contributed by atoms with E-state index >= 15 is 0 Å². The summed E-state index contributed by atoms with van der Waals surface area (Å²) in [6.45, 7) is 0. The van der Waals surface area contributed by atoms with Crippen molar-refractivity contribution in [3.05, 3.63) is 96.1 Å². The highest BCUT2D eigenvalue weighted by atomic mass is 79.9. The number of aliphatic carboxylic acids is 2. The zero-order valence-corrected chi connectivity index (χ0v) is 17.0. The van der Waals surface area contributed by atoms with Gasteiger partial charge >= 0.3 is 11.9 Å². The Kier molecular flexibility index (Phi) is 6.62. The molecule has 0 amide bonds. The number of alkyl halides is 1. The molecule has 1 unspecified atom stereocenters. The van der Waals surface area contributed by atoms with E-state index in [1.54, 1.807) is 0 Å². The number of hydrogen-bond acceptors (Lipinski definition) is 2. The SMILES string of the molecule is O=C(O)C(Br)c1ccc2ccccc2c1.O=C(O)Cc1ccc2ccccc2c1. The van der Waals surface area contributed by atoms with Gasteiger partial charge in [0.25, 0.3) is 0 Å². The fourth-order valence-electron chi connectivity index (χ4n) is 3.03. The van der Waals surface area contributed by atoms with E-state index in [4.69, 9.17) is 10.2 Å². The van der Waals surface area contributed by atoms with Gasteiger partial charge in [-0.15, -0.1) is 0 Å². The van der Waals surface area contributed by atoms with E-state index in [0.717, 1.165) is 32.7 Å². The van der Waals surface area contributed by atoms with Crippen LogP contribution in [0.2, 0.25) is 0 Å². The Labute approximate surface area is 176 Å². The average molecular weight is 451 g/mol. The highest BCUT2D eigenvalue weighted by Crippen LogP contribution is 2.26. The number of rotatable bonds is 4. The predicted octanol–water partition coefficient (Wildman–Crippen LogP) is 5.83. The Morgan fingerprint density at radius 2 is 1.24 bits per heavy atom. The number of benzene rings is 4. The van der Waals surface area contributed by atoms with Crippen LogP contribution in [-0.4, -0.2) is 22.2 Å². The monoisotopic (exact) mass is 450 g/mol. The van der Waals surface area contributed by atoms with Gasteiger partial charge in [0, 0.05) is 0 Å². The topological polar surface area (TPSA) is 74.6 Å². The Morgan fingerprint density at radius 1 is 0.724 bits per heavy atom. The summed E-state index contributed by atoms with van der Waals surface area (Å²) in [7, 11) is 0. The van der Waals surface area contributed by atoms with Crippen molar-refractivity contribution in [1.29, 1.82) is 0 Å². The molecule has 0 saturated carbocycles. The minimum atomic E-state index is -0.870. The first kappa shape index (κ1) is 20.6. The highest BCUT2D eigenvalue weighted by molar-refractivity contribution is 9.09. The first-order chi connectivity index (χ1) is 13.9. The van der Waals surface area contributed by atoms with Gasteiger partial charge in [-0.05, 0) is 38.7 Å². The van der Waals surface area contributed by atoms with Crippen LogP contribution in [0.5, 0.6) is 0 Å². The zero-order chi connectivity index (χ0) is 20.8. The lowest BCUT2D eigenvalue weighted by molar-refractivity contribution is -0.137. The lowest BCUT2D eigenvalue weighted by atomic mass is 10.1. The third kappa shape index (κ3) is 5.42. The first-order valence-electron chi connectivity index (χ1n) is 8.99. The van der Waals surface area contributed by atoms with E-state index in [1.807, 2.05) is 84.9 Å². The third-order valence-electron chi connectivity index (χ3n) is 4.45. The second-order valence-electron chi connectivity index (χ2n) is 6.56. The number of hydrogen-bond donors (Lipinski definition) is 2. The van der Waals surface area contributed by atoms with Crippen LogP contribution in [-0.2, 0) is 16.0 Å². The summed E-state index contributed by atoms with van der Waals surface area (Å²) in [5.41, 5.74) is 1.61. The van der Waals surface area contributed by atoms with E-state index in [0.29, 0.717) is 0 Å². The number of carboxylic acids is 2. The number of fused-ring (bicyclic) bond motifs is 2. The van der Waals surface area contributed by atoms with Crippen LogP contribution in [0.4, 0.5) is 0 Å². The van der Waals surface area contributed by atoms with Crippen LogP contribution < -0.4 is 0 Å². The van der Waals surface area contributed by atoms with E-state index in [1.165, 1.54) is 0 Å². The van der Waals surface area contributed by atoms with Crippen LogP contribution in [0.3, 0.4) is 0 Å². The minimum Gasteiger partial charge on any atom is -0.481 e. The molecule has 2 N–H and O–H groups in total. The maximum atomic E-state index is 10.8. The summed E-state index contributed by atoms with van der Waals surface area (Å²) >= 11 is 3.14. The number of halogens is 1. The van der Waals surface area contributed by atoms with Crippen LogP contribution in [0.15, 0.2) is 84.9 Å². The second-order valence-corrected chi connectivity index (χ2v) is 7.48. The molecular weight excluding hydrogens is 432 g/mol. The Bertz CT molecular complexity index is 1170. The van der Waals surface area contributed by atoms with Crippen molar-refractivity contribution in [2.75, 3.05) is 0 Å². The quantitative estimate of drug-likeness (QED) is 0.383. The molecule has 4 aromatic carbocycles. The van der Waals surface area contributed by atoms with Crippen LogP contribution in [0.25, 0.3) is 21.5 Å². The van der Waals surface area contributed by atoms with Crippen molar-refractivity contribution in [3.63, 3.8) is 0 Å². The molecule has 0 aliphatic heterocycles. The standard InChI is InChI=1S/C12H9BrO2.C12H10O2/c13-11(12(14)15)10-6-5-8-3-1-2-4-9(8)7-10;13-12(14)8-9-5-6-10-3-1-2-4-11(10)7-9/h1-7,11H,(H,14,15);1-7H,8H2,(H,13,14). The van der Waals surface area contributed by atoms with Crippen molar-refractivity contribution < 1.29 is 19.8 Å². The summed E-state index contributed by atoms with van der Waals surface area (Å²) in [6.07, 6.45) is 0.0881. The third-order valence-corrected chi connectivity index (χ3v) is 5.37. The molecule has 146 valence electrons.